The Morgan fingerprint density at radius 3 is 3.30 bits per heavy atom. The largest absolute Gasteiger partial charge is 0.450 e. The van der Waals surface area contributed by atoms with Crippen LogP contribution in [0.5, 0.6) is 6.01 Å². The van der Waals surface area contributed by atoms with Gasteiger partial charge >= 0.3 is 6.01 Å². The van der Waals surface area contributed by atoms with Crippen molar-refractivity contribution in [1.82, 2.24) is 9.97 Å². The van der Waals surface area contributed by atoms with Gasteiger partial charge in [0.15, 0.2) is 6.61 Å². The van der Waals surface area contributed by atoms with Gasteiger partial charge < -0.3 is 4.74 Å². The lowest BCUT2D eigenvalue weighted by molar-refractivity contribution is 0.339. The molecule has 1 radical (unpaired) electrons. The molecule has 1 rings (SSSR count). The Bertz CT molecular complexity index is 227. The molecule has 0 aliphatic heterocycles. The summed E-state index contributed by atoms with van der Waals surface area (Å²) in [5, 5.41) is 0. The first-order valence-corrected chi connectivity index (χ1v) is 2.69. The van der Waals surface area contributed by atoms with Gasteiger partial charge in [0, 0.05) is 6.20 Å². The quantitative estimate of drug-likeness (QED) is 0.544. The van der Waals surface area contributed by atoms with E-state index >= 15 is 0 Å². The Labute approximate surface area is 59.1 Å². The molecule has 49 valence electrons. The molecule has 0 saturated carbocycles. The zero-order valence-corrected chi connectivity index (χ0v) is 5.24. The standard InChI is InChI=1S/C7H5N2O/c1-2-6-10-7-8-4-3-5-9-7/h1,3-4H,6H2. The number of aromatic nitrogens is 2. The van der Waals surface area contributed by atoms with Crippen molar-refractivity contribution < 1.29 is 4.74 Å². The van der Waals surface area contributed by atoms with Crippen LogP contribution in [0.2, 0.25) is 0 Å². The van der Waals surface area contributed by atoms with E-state index in [2.05, 4.69) is 22.1 Å². The summed E-state index contributed by atoms with van der Waals surface area (Å²) < 4.78 is 4.87. The van der Waals surface area contributed by atoms with Gasteiger partial charge in [0.05, 0.1) is 6.20 Å². The monoisotopic (exact) mass is 133 g/mol. The van der Waals surface area contributed by atoms with Gasteiger partial charge in [-0.05, 0) is 6.07 Å². The van der Waals surface area contributed by atoms with Crippen molar-refractivity contribution >= 4 is 0 Å². The lowest BCUT2D eigenvalue weighted by atomic mass is 10.7. The zero-order chi connectivity index (χ0) is 7.23. The van der Waals surface area contributed by atoms with E-state index in [9.17, 15) is 0 Å². The summed E-state index contributed by atoms with van der Waals surface area (Å²) in [5.41, 5.74) is 0. The Hall–Kier alpha value is -1.56. The fraction of sp³-hybridized carbons (Fsp3) is 0.143. The van der Waals surface area contributed by atoms with Gasteiger partial charge in [0.25, 0.3) is 0 Å². The summed E-state index contributed by atoms with van der Waals surface area (Å²) >= 11 is 0. The van der Waals surface area contributed by atoms with Crippen LogP contribution in [-0.2, 0) is 0 Å². The highest BCUT2D eigenvalue weighted by molar-refractivity contribution is 4.95. The smallest absolute Gasteiger partial charge is 0.317 e. The molecule has 0 unspecified atom stereocenters. The van der Waals surface area contributed by atoms with Crippen LogP contribution >= 0.6 is 0 Å². The van der Waals surface area contributed by atoms with Gasteiger partial charge in [0.2, 0.25) is 0 Å². The average molecular weight is 133 g/mol. The molecule has 1 heterocycles. The predicted molar refractivity (Wildman–Crippen MR) is 35.2 cm³/mol. The number of nitrogens with zero attached hydrogens (tertiary/aromatic N) is 2. The number of terminal acetylenes is 1. The van der Waals surface area contributed by atoms with E-state index < -0.39 is 0 Å². The first kappa shape index (κ1) is 6.56. The summed E-state index contributed by atoms with van der Waals surface area (Å²) in [7, 11) is 0. The Morgan fingerprint density at radius 1 is 1.80 bits per heavy atom. The fourth-order valence-electron chi connectivity index (χ4n) is 0.431. The van der Waals surface area contributed by atoms with Crippen LogP contribution in [0.3, 0.4) is 0 Å². The molecule has 0 atom stereocenters. The molecule has 1 aromatic rings. The second-order valence-corrected chi connectivity index (χ2v) is 1.46. The van der Waals surface area contributed by atoms with Crippen molar-refractivity contribution in [2.24, 2.45) is 0 Å². The maximum Gasteiger partial charge on any atom is 0.317 e. The molecule has 3 heteroatoms. The van der Waals surface area contributed by atoms with Crippen LogP contribution in [-0.4, -0.2) is 16.6 Å². The van der Waals surface area contributed by atoms with Gasteiger partial charge in [-0.2, -0.15) is 4.98 Å². The molecule has 0 aliphatic carbocycles. The molecule has 0 bridgehead atoms. The topological polar surface area (TPSA) is 35.0 Å². The third-order valence-electron chi connectivity index (χ3n) is 0.779. The number of rotatable bonds is 2. The minimum absolute atomic E-state index is 0.192. The van der Waals surface area contributed by atoms with E-state index in [-0.39, 0.29) is 12.6 Å². The van der Waals surface area contributed by atoms with Crippen LogP contribution in [0.4, 0.5) is 0 Å². The molecule has 3 nitrogen and oxygen atoms in total. The number of hydrogen-bond donors (Lipinski definition) is 0. The molecule has 0 saturated heterocycles. The maximum absolute atomic E-state index is 4.94. The number of hydrogen-bond acceptors (Lipinski definition) is 3. The summed E-state index contributed by atoms with van der Waals surface area (Å²) in [6.07, 6.45) is 9.04. The van der Waals surface area contributed by atoms with Gasteiger partial charge in [-0.1, -0.05) is 5.92 Å². The van der Waals surface area contributed by atoms with E-state index in [1.165, 1.54) is 0 Å². The van der Waals surface area contributed by atoms with Crippen molar-refractivity contribution in [3.8, 4) is 18.4 Å². The van der Waals surface area contributed by atoms with E-state index in [0.29, 0.717) is 0 Å². The normalized spacial score (nSPS) is 8.30. The van der Waals surface area contributed by atoms with Crippen molar-refractivity contribution in [2.75, 3.05) is 6.61 Å². The van der Waals surface area contributed by atoms with Gasteiger partial charge in [-0.25, -0.2) is 4.98 Å². The first-order valence-electron chi connectivity index (χ1n) is 2.69. The summed E-state index contributed by atoms with van der Waals surface area (Å²) in [5.74, 6) is 2.30. The highest BCUT2D eigenvalue weighted by atomic mass is 16.5. The SMILES string of the molecule is C#CCOc1n[c]ccn1. The molecule has 1 aromatic heterocycles. The molecule has 0 fully saturated rings. The summed E-state index contributed by atoms with van der Waals surface area (Å²) in [6, 6.07) is 1.85. The molecule has 0 spiro atoms. The van der Waals surface area contributed by atoms with Crippen LogP contribution in [0.15, 0.2) is 12.3 Å². The molecule has 0 N–H and O–H groups in total. The van der Waals surface area contributed by atoms with E-state index in [0.717, 1.165) is 0 Å². The zero-order valence-electron chi connectivity index (χ0n) is 5.24. The van der Waals surface area contributed by atoms with Crippen molar-refractivity contribution in [1.29, 1.82) is 0 Å². The lowest BCUT2D eigenvalue weighted by Gasteiger charge is -1.95. The predicted octanol–water partition coefficient (Wildman–Crippen LogP) is 0.289. The molecular weight excluding hydrogens is 128 g/mol. The van der Waals surface area contributed by atoms with Crippen molar-refractivity contribution in [2.45, 2.75) is 0 Å². The molecular formula is C7H5N2O. The first-order chi connectivity index (χ1) is 4.93. The molecule has 0 aliphatic rings. The maximum atomic E-state index is 4.94. The van der Waals surface area contributed by atoms with E-state index in [4.69, 9.17) is 11.2 Å². The average Bonchev–Trinajstić information content (AvgIpc) is 2.03. The number of ether oxygens (including phenoxy) is 1. The third-order valence-corrected chi connectivity index (χ3v) is 0.779. The van der Waals surface area contributed by atoms with Gasteiger partial charge in [0.1, 0.15) is 0 Å². The Kier molecular flexibility index (Phi) is 2.27. The van der Waals surface area contributed by atoms with E-state index in [1.807, 2.05) is 0 Å². The lowest BCUT2D eigenvalue weighted by Crippen LogP contribution is -1.97. The van der Waals surface area contributed by atoms with Crippen molar-refractivity contribution in [3.63, 3.8) is 0 Å². The minimum atomic E-state index is 0.192. The Morgan fingerprint density at radius 2 is 2.70 bits per heavy atom. The van der Waals surface area contributed by atoms with Crippen LogP contribution in [0.25, 0.3) is 0 Å². The third kappa shape index (κ3) is 1.75. The minimum Gasteiger partial charge on any atom is -0.450 e. The molecule has 10 heavy (non-hydrogen) atoms. The second kappa shape index (κ2) is 3.46. The molecule has 0 aromatic carbocycles. The summed E-state index contributed by atoms with van der Waals surface area (Å²) in [6.45, 7) is 0.192. The van der Waals surface area contributed by atoms with Crippen LogP contribution < -0.4 is 4.74 Å². The van der Waals surface area contributed by atoms with Crippen LogP contribution in [0.1, 0.15) is 0 Å². The summed E-state index contributed by atoms with van der Waals surface area (Å²) in [4.78, 5) is 7.42. The Balaban J connectivity index is 2.52. The van der Waals surface area contributed by atoms with Crippen molar-refractivity contribution in [3.05, 3.63) is 18.5 Å². The van der Waals surface area contributed by atoms with Gasteiger partial charge in [-0.15, -0.1) is 6.42 Å². The highest BCUT2D eigenvalue weighted by Crippen LogP contribution is 1.94. The van der Waals surface area contributed by atoms with Gasteiger partial charge in [-0.3, -0.25) is 0 Å². The van der Waals surface area contributed by atoms with E-state index in [1.54, 1.807) is 12.3 Å². The molecule has 0 amide bonds. The van der Waals surface area contributed by atoms with Crippen LogP contribution in [0, 0.1) is 18.5 Å². The fourth-order valence-corrected chi connectivity index (χ4v) is 0.431. The highest BCUT2D eigenvalue weighted by Gasteiger charge is 1.89. The second-order valence-electron chi connectivity index (χ2n) is 1.46.